The van der Waals surface area contributed by atoms with Gasteiger partial charge in [0.25, 0.3) is 5.22 Å². The van der Waals surface area contributed by atoms with Crippen molar-refractivity contribution < 1.29 is 17.6 Å². The van der Waals surface area contributed by atoms with Crippen LogP contribution in [0, 0.1) is 6.92 Å². The van der Waals surface area contributed by atoms with E-state index in [0.717, 1.165) is 17.8 Å². The molecule has 2 aromatic rings. The van der Waals surface area contributed by atoms with Gasteiger partial charge in [0.2, 0.25) is 5.95 Å². The number of hydrogen-bond donors (Lipinski definition) is 1. The number of nitrogens with zero attached hydrogens (tertiary/aromatic N) is 3. The highest BCUT2D eigenvalue weighted by molar-refractivity contribution is 7.99. The van der Waals surface area contributed by atoms with E-state index in [9.17, 15) is 13.2 Å². The number of alkyl halides is 3. The second-order valence-electron chi connectivity index (χ2n) is 3.80. The van der Waals surface area contributed by atoms with E-state index in [1.165, 1.54) is 6.26 Å². The normalized spacial score (nSPS) is 11.7. The summed E-state index contributed by atoms with van der Waals surface area (Å²) in [4.78, 5) is 11.4. The van der Waals surface area contributed by atoms with Crippen LogP contribution < -0.4 is 5.32 Å². The number of anilines is 1. The van der Waals surface area contributed by atoms with Gasteiger partial charge in [-0.25, -0.2) is 15.0 Å². The van der Waals surface area contributed by atoms with Gasteiger partial charge in [0.05, 0.1) is 5.69 Å². The second kappa shape index (κ2) is 5.70. The fraction of sp³-hybridized carbons (Fsp3) is 0.364. The van der Waals surface area contributed by atoms with Crippen LogP contribution in [0.25, 0.3) is 0 Å². The number of halogens is 3. The number of oxazole rings is 1. The fourth-order valence-electron chi connectivity index (χ4n) is 1.33. The molecule has 0 atom stereocenters. The summed E-state index contributed by atoms with van der Waals surface area (Å²) in [5, 5.41) is 3.01. The molecule has 0 bridgehead atoms. The van der Waals surface area contributed by atoms with Crippen LogP contribution >= 0.6 is 11.8 Å². The Morgan fingerprint density at radius 1 is 1.30 bits per heavy atom. The molecule has 0 aliphatic heterocycles. The van der Waals surface area contributed by atoms with E-state index in [1.807, 2.05) is 0 Å². The van der Waals surface area contributed by atoms with Gasteiger partial charge in [-0.2, -0.15) is 13.2 Å². The third kappa shape index (κ3) is 3.62. The van der Waals surface area contributed by atoms with Gasteiger partial charge >= 0.3 is 6.18 Å². The van der Waals surface area contributed by atoms with E-state index in [4.69, 9.17) is 4.42 Å². The minimum Gasteiger partial charge on any atom is -0.439 e. The second-order valence-corrected chi connectivity index (χ2v) is 4.77. The van der Waals surface area contributed by atoms with Gasteiger partial charge in [0, 0.05) is 12.6 Å². The van der Waals surface area contributed by atoms with Gasteiger partial charge in [-0.1, -0.05) is 0 Å². The third-order valence-corrected chi connectivity index (χ3v) is 2.90. The Balaban J connectivity index is 2.33. The first-order valence-corrected chi connectivity index (χ1v) is 6.50. The minimum absolute atomic E-state index is 0.0758. The van der Waals surface area contributed by atoms with Crippen LogP contribution in [0.2, 0.25) is 0 Å². The Labute approximate surface area is 117 Å². The molecule has 0 radical (unpaired) electrons. The predicted molar refractivity (Wildman–Crippen MR) is 66.6 cm³/mol. The Kier molecular flexibility index (Phi) is 4.17. The molecule has 5 nitrogen and oxygen atoms in total. The van der Waals surface area contributed by atoms with Crippen LogP contribution in [0.15, 0.2) is 27.0 Å². The molecular weight excluding hydrogens is 293 g/mol. The zero-order chi connectivity index (χ0) is 14.8. The quantitative estimate of drug-likeness (QED) is 0.874. The van der Waals surface area contributed by atoms with Crippen LogP contribution in [0.1, 0.15) is 18.3 Å². The molecule has 2 rings (SSSR count). The van der Waals surface area contributed by atoms with Crippen molar-refractivity contribution in [3.05, 3.63) is 23.7 Å². The molecule has 2 aromatic heterocycles. The molecule has 0 saturated carbocycles. The highest BCUT2D eigenvalue weighted by Crippen LogP contribution is 2.33. The third-order valence-electron chi connectivity index (χ3n) is 2.12. The lowest BCUT2D eigenvalue weighted by Crippen LogP contribution is -2.12. The molecule has 0 fully saturated rings. The Bertz CT molecular complexity index is 600. The first kappa shape index (κ1) is 14.6. The zero-order valence-electron chi connectivity index (χ0n) is 10.7. The number of aryl methyl sites for hydroxylation is 1. The monoisotopic (exact) mass is 304 g/mol. The molecule has 20 heavy (non-hydrogen) atoms. The van der Waals surface area contributed by atoms with Crippen molar-refractivity contribution >= 4 is 17.7 Å². The number of rotatable bonds is 4. The standard InChI is InChI=1S/C11H11F3N4OS/c1-3-15-9-17-7(11(12,13)14)4-8(18-9)20-10-16-6(2)5-19-10/h4-5H,3H2,1-2H3,(H,15,17,18). The van der Waals surface area contributed by atoms with Gasteiger partial charge in [0.1, 0.15) is 11.3 Å². The molecule has 0 unspecified atom stereocenters. The van der Waals surface area contributed by atoms with Gasteiger partial charge < -0.3 is 9.73 Å². The Morgan fingerprint density at radius 2 is 2.05 bits per heavy atom. The summed E-state index contributed by atoms with van der Waals surface area (Å²) in [6.45, 7) is 3.89. The van der Waals surface area contributed by atoms with Crippen LogP contribution in [0.4, 0.5) is 19.1 Å². The Morgan fingerprint density at radius 3 is 2.60 bits per heavy atom. The van der Waals surface area contributed by atoms with Gasteiger partial charge in [-0.05, 0) is 25.6 Å². The van der Waals surface area contributed by atoms with Crippen molar-refractivity contribution in [1.82, 2.24) is 15.0 Å². The first-order chi connectivity index (χ1) is 9.38. The topological polar surface area (TPSA) is 63.8 Å². The Hall–Kier alpha value is -1.77. The van der Waals surface area contributed by atoms with Crippen molar-refractivity contribution in [2.24, 2.45) is 0 Å². The van der Waals surface area contributed by atoms with Crippen LogP contribution in [0.5, 0.6) is 0 Å². The van der Waals surface area contributed by atoms with Gasteiger partial charge in [-0.15, -0.1) is 0 Å². The molecule has 0 aliphatic rings. The number of hydrogen-bond acceptors (Lipinski definition) is 6. The molecule has 0 saturated heterocycles. The molecule has 108 valence electrons. The molecule has 0 spiro atoms. The molecular formula is C11H11F3N4OS. The highest BCUT2D eigenvalue weighted by Gasteiger charge is 2.34. The maximum absolute atomic E-state index is 12.8. The first-order valence-electron chi connectivity index (χ1n) is 5.68. The summed E-state index contributed by atoms with van der Waals surface area (Å²) in [6, 6.07) is 0.866. The van der Waals surface area contributed by atoms with E-state index < -0.39 is 11.9 Å². The van der Waals surface area contributed by atoms with E-state index in [2.05, 4.69) is 20.3 Å². The predicted octanol–water partition coefficient (Wildman–Crippen LogP) is 3.37. The minimum atomic E-state index is -4.53. The van der Waals surface area contributed by atoms with Gasteiger partial charge in [-0.3, -0.25) is 0 Å². The summed E-state index contributed by atoms with van der Waals surface area (Å²) < 4.78 is 43.4. The summed E-state index contributed by atoms with van der Waals surface area (Å²) in [5.41, 5.74) is -0.362. The summed E-state index contributed by atoms with van der Waals surface area (Å²) in [5.74, 6) is -0.0758. The fourth-order valence-corrected chi connectivity index (χ4v) is 2.10. The van der Waals surface area contributed by atoms with E-state index >= 15 is 0 Å². The molecule has 0 amide bonds. The molecule has 9 heteroatoms. The summed E-state index contributed by atoms with van der Waals surface area (Å²) in [7, 11) is 0. The van der Waals surface area contributed by atoms with Crippen molar-refractivity contribution in [2.45, 2.75) is 30.3 Å². The van der Waals surface area contributed by atoms with Gasteiger partial charge in [0.15, 0.2) is 5.69 Å². The lowest BCUT2D eigenvalue weighted by molar-refractivity contribution is -0.141. The lowest BCUT2D eigenvalue weighted by atomic mass is 10.4. The average Bonchev–Trinajstić information content (AvgIpc) is 2.74. The van der Waals surface area contributed by atoms with E-state index in [-0.39, 0.29) is 16.2 Å². The smallest absolute Gasteiger partial charge is 0.433 e. The summed E-state index contributed by atoms with van der Waals surface area (Å²) in [6.07, 6.45) is -3.12. The van der Waals surface area contributed by atoms with Crippen molar-refractivity contribution in [1.29, 1.82) is 0 Å². The SMILES string of the molecule is CCNc1nc(Sc2nc(C)co2)cc(C(F)(F)F)n1. The maximum Gasteiger partial charge on any atom is 0.433 e. The number of nitrogens with one attached hydrogen (secondary N) is 1. The maximum atomic E-state index is 12.8. The zero-order valence-corrected chi connectivity index (χ0v) is 11.5. The molecule has 2 heterocycles. The van der Waals surface area contributed by atoms with Crippen molar-refractivity contribution in [3.8, 4) is 0 Å². The van der Waals surface area contributed by atoms with Crippen molar-refractivity contribution in [2.75, 3.05) is 11.9 Å². The number of aromatic nitrogens is 3. The lowest BCUT2D eigenvalue weighted by Gasteiger charge is -2.09. The van der Waals surface area contributed by atoms with Crippen LogP contribution in [0.3, 0.4) is 0 Å². The average molecular weight is 304 g/mol. The highest BCUT2D eigenvalue weighted by atomic mass is 32.2. The van der Waals surface area contributed by atoms with E-state index in [1.54, 1.807) is 13.8 Å². The largest absolute Gasteiger partial charge is 0.439 e. The van der Waals surface area contributed by atoms with Crippen LogP contribution in [-0.2, 0) is 6.18 Å². The van der Waals surface area contributed by atoms with Crippen molar-refractivity contribution in [3.63, 3.8) is 0 Å². The molecule has 0 aliphatic carbocycles. The van der Waals surface area contributed by atoms with E-state index in [0.29, 0.717) is 12.2 Å². The summed E-state index contributed by atoms with van der Waals surface area (Å²) >= 11 is 0.910. The molecule has 1 N–H and O–H groups in total. The van der Waals surface area contributed by atoms with Crippen LogP contribution in [-0.4, -0.2) is 21.5 Å². The molecule has 0 aromatic carbocycles.